The van der Waals surface area contributed by atoms with Gasteiger partial charge in [-0.2, -0.15) is 0 Å². The molecule has 0 aromatic heterocycles. The molecule has 0 spiro atoms. The predicted molar refractivity (Wildman–Crippen MR) is 103 cm³/mol. The van der Waals surface area contributed by atoms with E-state index in [2.05, 4.69) is 74.5 Å². The summed E-state index contributed by atoms with van der Waals surface area (Å²) in [5, 5.41) is 0. The number of allylic oxidation sites excluding steroid dienone is 4. The fourth-order valence-electron chi connectivity index (χ4n) is 2.24. The minimum absolute atomic E-state index is 0.0522. The Labute approximate surface area is 140 Å². The van der Waals surface area contributed by atoms with Crippen molar-refractivity contribution < 1.29 is 0 Å². The van der Waals surface area contributed by atoms with Gasteiger partial charge in [-0.3, -0.25) is 4.99 Å². The maximum Gasteiger partial charge on any atom is 0.0523 e. The summed E-state index contributed by atoms with van der Waals surface area (Å²) in [7, 11) is 0. The molecule has 1 nitrogen and oxygen atoms in total. The molecule has 0 fully saturated rings. The highest BCUT2D eigenvalue weighted by molar-refractivity contribution is 5.82. The average molecular weight is 306 g/mol. The fourth-order valence-corrected chi connectivity index (χ4v) is 2.24. The lowest BCUT2D eigenvalue weighted by Crippen LogP contribution is -2.12. The van der Waals surface area contributed by atoms with Crippen molar-refractivity contribution in [2.24, 2.45) is 10.4 Å². The largest absolute Gasteiger partial charge is 0.289 e. The van der Waals surface area contributed by atoms with Gasteiger partial charge in [0.05, 0.1) is 5.54 Å². The van der Waals surface area contributed by atoms with Gasteiger partial charge in [0.25, 0.3) is 0 Å². The maximum atomic E-state index is 4.72. The molecular formula is C21H39N. The van der Waals surface area contributed by atoms with Crippen LogP contribution in [0.2, 0.25) is 0 Å². The number of nitrogens with zero attached hydrogens (tertiary/aromatic N) is 1. The summed E-state index contributed by atoms with van der Waals surface area (Å²) >= 11 is 0. The summed E-state index contributed by atoms with van der Waals surface area (Å²) in [5.41, 5.74) is 4.73. The van der Waals surface area contributed by atoms with Crippen molar-refractivity contribution in [3.63, 3.8) is 0 Å². The van der Waals surface area contributed by atoms with Gasteiger partial charge in [0.1, 0.15) is 0 Å². The van der Waals surface area contributed by atoms with E-state index in [9.17, 15) is 0 Å². The minimum Gasteiger partial charge on any atom is -0.289 e. The van der Waals surface area contributed by atoms with Gasteiger partial charge in [-0.15, -0.1) is 0 Å². The second kappa shape index (κ2) is 9.33. The number of hydrogen-bond donors (Lipinski definition) is 0. The molecule has 0 rings (SSSR count). The van der Waals surface area contributed by atoms with Crippen LogP contribution in [0.5, 0.6) is 0 Å². The summed E-state index contributed by atoms with van der Waals surface area (Å²) in [4.78, 5) is 4.72. The smallest absolute Gasteiger partial charge is 0.0523 e. The zero-order valence-electron chi connectivity index (χ0n) is 16.6. The van der Waals surface area contributed by atoms with Gasteiger partial charge in [-0.05, 0) is 79.1 Å². The van der Waals surface area contributed by atoms with E-state index < -0.39 is 0 Å². The van der Waals surface area contributed by atoms with Crippen molar-refractivity contribution in [2.45, 2.75) is 100.0 Å². The monoisotopic (exact) mass is 305 g/mol. The van der Waals surface area contributed by atoms with Gasteiger partial charge in [0, 0.05) is 5.71 Å². The third-order valence-electron chi connectivity index (χ3n) is 3.50. The van der Waals surface area contributed by atoms with Crippen LogP contribution in [0, 0.1) is 5.41 Å². The van der Waals surface area contributed by atoms with Gasteiger partial charge in [0.15, 0.2) is 0 Å². The average Bonchev–Trinajstić information content (AvgIpc) is 2.31. The first-order chi connectivity index (χ1) is 9.89. The predicted octanol–water partition coefficient (Wildman–Crippen LogP) is 7.14. The van der Waals surface area contributed by atoms with Crippen molar-refractivity contribution in [1.29, 1.82) is 0 Å². The standard InChI is InChI=1S/C21H39N/c1-17(13-14-19(3)22-21(7,8)9)11-10-12-18(2)15-16-20(4,5)6/h11,15H,10,12-14,16H2,1-9H3/b17-11+,18-15+,22-19?. The molecule has 22 heavy (non-hydrogen) atoms. The van der Waals surface area contributed by atoms with E-state index in [1.54, 1.807) is 0 Å². The lowest BCUT2D eigenvalue weighted by Gasteiger charge is -2.15. The summed E-state index contributed by atoms with van der Waals surface area (Å²) < 4.78 is 0. The van der Waals surface area contributed by atoms with Gasteiger partial charge >= 0.3 is 0 Å². The van der Waals surface area contributed by atoms with Crippen LogP contribution in [0.4, 0.5) is 0 Å². The van der Waals surface area contributed by atoms with Crippen molar-refractivity contribution in [3.8, 4) is 0 Å². The lowest BCUT2D eigenvalue weighted by atomic mass is 9.91. The maximum absolute atomic E-state index is 4.72. The van der Waals surface area contributed by atoms with Gasteiger partial charge in [-0.25, -0.2) is 0 Å². The zero-order valence-corrected chi connectivity index (χ0v) is 16.6. The Hall–Kier alpha value is -0.850. The normalized spacial score (nSPS) is 15.4. The highest BCUT2D eigenvalue weighted by atomic mass is 14.8. The van der Waals surface area contributed by atoms with E-state index in [1.807, 2.05) is 0 Å². The molecule has 0 bridgehead atoms. The number of aliphatic imine (C=N–C) groups is 1. The molecule has 0 heterocycles. The van der Waals surface area contributed by atoms with Crippen molar-refractivity contribution in [1.82, 2.24) is 0 Å². The van der Waals surface area contributed by atoms with Crippen LogP contribution in [-0.4, -0.2) is 11.3 Å². The third kappa shape index (κ3) is 14.1. The van der Waals surface area contributed by atoms with Crippen molar-refractivity contribution in [2.75, 3.05) is 0 Å². The van der Waals surface area contributed by atoms with Crippen LogP contribution in [-0.2, 0) is 0 Å². The number of hydrogen-bond acceptors (Lipinski definition) is 1. The number of rotatable bonds is 7. The van der Waals surface area contributed by atoms with Crippen LogP contribution >= 0.6 is 0 Å². The zero-order chi connectivity index (χ0) is 17.4. The molecule has 0 N–H and O–H groups in total. The molecule has 0 aromatic rings. The van der Waals surface area contributed by atoms with Crippen molar-refractivity contribution >= 4 is 5.71 Å². The molecule has 1 heteroatoms. The first-order valence-corrected chi connectivity index (χ1v) is 8.76. The quantitative estimate of drug-likeness (QED) is 0.350. The summed E-state index contributed by atoms with van der Waals surface area (Å²) in [6.45, 7) is 20.0. The Balaban J connectivity index is 4.17. The third-order valence-corrected chi connectivity index (χ3v) is 3.50. The fraction of sp³-hybridized carbons (Fsp3) is 0.762. The molecule has 0 unspecified atom stereocenters. The van der Waals surface area contributed by atoms with Crippen LogP contribution in [0.3, 0.4) is 0 Å². The highest BCUT2D eigenvalue weighted by Crippen LogP contribution is 2.21. The van der Waals surface area contributed by atoms with E-state index in [1.165, 1.54) is 29.7 Å². The highest BCUT2D eigenvalue weighted by Gasteiger charge is 2.08. The summed E-state index contributed by atoms with van der Waals surface area (Å²) in [6.07, 6.45) is 10.5. The van der Waals surface area contributed by atoms with Gasteiger partial charge < -0.3 is 0 Å². The van der Waals surface area contributed by atoms with Crippen LogP contribution in [0.15, 0.2) is 28.3 Å². The van der Waals surface area contributed by atoms with E-state index in [0.717, 1.165) is 19.3 Å². The van der Waals surface area contributed by atoms with E-state index in [-0.39, 0.29) is 5.54 Å². The Kier molecular flexibility index (Phi) is 8.96. The van der Waals surface area contributed by atoms with Crippen LogP contribution < -0.4 is 0 Å². The Bertz CT molecular complexity index is 408. The first-order valence-electron chi connectivity index (χ1n) is 8.76. The molecule has 0 aliphatic rings. The first kappa shape index (κ1) is 21.1. The second-order valence-corrected chi connectivity index (χ2v) is 8.92. The molecule has 0 amide bonds. The molecule has 0 atom stereocenters. The lowest BCUT2D eigenvalue weighted by molar-refractivity contribution is 0.419. The van der Waals surface area contributed by atoms with Gasteiger partial charge in [0.2, 0.25) is 0 Å². The Morgan fingerprint density at radius 3 is 1.82 bits per heavy atom. The summed E-state index contributed by atoms with van der Waals surface area (Å²) in [5.74, 6) is 0. The van der Waals surface area contributed by atoms with Crippen molar-refractivity contribution in [3.05, 3.63) is 23.3 Å². The molecule has 0 saturated carbocycles. The molecule has 0 aliphatic heterocycles. The van der Waals surface area contributed by atoms with E-state index >= 15 is 0 Å². The molecule has 0 saturated heterocycles. The Morgan fingerprint density at radius 2 is 1.32 bits per heavy atom. The van der Waals surface area contributed by atoms with Gasteiger partial charge in [-0.1, -0.05) is 44.1 Å². The molecular weight excluding hydrogens is 266 g/mol. The SMILES string of the molecule is CC(CC/C(C)=C/CC/C(C)=C/CC(C)(C)C)=NC(C)(C)C. The molecule has 0 aromatic carbocycles. The molecule has 0 radical (unpaired) electrons. The van der Waals surface area contributed by atoms with Crippen LogP contribution in [0.25, 0.3) is 0 Å². The van der Waals surface area contributed by atoms with E-state index in [4.69, 9.17) is 4.99 Å². The molecule has 128 valence electrons. The minimum atomic E-state index is 0.0522. The Morgan fingerprint density at radius 1 is 0.773 bits per heavy atom. The second-order valence-electron chi connectivity index (χ2n) is 8.92. The van der Waals surface area contributed by atoms with Crippen LogP contribution in [0.1, 0.15) is 94.4 Å². The topological polar surface area (TPSA) is 12.4 Å². The van der Waals surface area contributed by atoms with E-state index in [0.29, 0.717) is 5.41 Å². The summed E-state index contributed by atoms with van der Waals surface area (Å²) in [6, 6.07) is 0. The molecule has 0 aliphatic carbocycles.